The number of carboxylic acid groups (broad SMARTS) is 1. The predicted molar refractivity (Wildman–Crippen MR) is 81.2 cm³/mol. The van der Waals surface area contributed by atoms with Crippen molar-refractivity contribution in [2.75, 3.05) is 0 Å². The van der Waals surface area contributed by atoms with Gasteiger partial charge in [0.25, 0.3) is 0 Å². The first-order chi connectivity index (χ1) is 11.7. The summed E-state index contributed by atoms with van der Waals surface area (Å²) in [5.74, 6) is -2.67. The molecular weight excluding hydrogens is 341 g/mol. The largest absolute Gasteiger partial charge is 0.573 e. The minimum absolute atomic E-state index is 0.0319. The summed E-state index contributed by atoms with van der Waals surface area (Å²) in [7, 11) is 0. The molecule has 25 heavy (non-hydrogen) atoms. The van der Waals surface area contributed by atoms with Crippen LogP contribution in [0.4, 0.5) is 13.2 Å². The number of benzene rings is 2. The van der Waals surface area contributed by atoms with Crippen LogP contribution in [0, 0.1) is 0 Å². The van der Waals surface area contributed by atoms with Crippen molar-refractivity contribution in [3.8, 4) is 11.5 Å². The number of halogens is 3. The van der Waals surface area contributed by atoms with E-state index >= 15 is 0 Å². The first-order valence-corrected chi connectivity index (χ1v) is 6.77. The van der Waals surface area contributed by atoms with E-state index in [-0.39, 0.29) is 22.4 Å². The molecule has 0 amide bonds. The van der Waals surface area contributed by atoms with Crippen molar-refractivity contribution in [1.29, 1.82) is 0 Å². The third-order valence-corrected chi connectivity index (χ3v) is 3.00. The molecule has 0 radical (unpaired) electrons. The summed E-state index contributed by atoms with van der Waals surface area (Å²) in [6, 6.07) is 9.99. The zero-order chi connectivity index (χ0) is 18.6. The van der Waals surface area contributed by atoms with E-state index in [4.69, 9.17) is 9.84 Å². The molecular formula is C17H11F3O5. The molecule has 0 spiro atoms. The Morgan fingerprint density at radius 2 is 1.60 bits per heavy atom. The van der Waals surface area contributed by atoms with Crippen molar-refractivity contribution in [1.82, 2.24) is 0 Å². The van der Waals surface area contributed by atoms with Crippen LogP contribution in [-0.4, -0.2) is 23.4 Å². The lowest BCUT2D eigenvalue weighted by molar-refractivity contribution is -0.274. The van der Waals surface area contributed by atoms with Gasteiger partial charge in [-0.25, -0.2) is 9.59 Å². The number of rotatable bonds is 5. The monoisotopic (exact) mass is 352 g/mol. The van der Waals surface area contributed by atoms with Gasteiger partial charge in [-0.2, -0.15) is 0 Å². The number of alkyl halides is 3. The van der Waals surface area contributed by atoms with Gasteiger partial charge in [0.2, 0.25) is 0 Å². The molecule has 0 heterocycles. The Labute approximate surface area is 139 Å². The highest BCUT2D eigenvalue weighted by molar-refractivity contribution is 6.15. The number of aliphatic carboxylic acids is 1. The number of carbonyl (C=O) groups is 2. The Morgan fingerprint density at radius 3 is 2.16 bits per heavy atom. The minimum atomic E-state index is -4.84. The Kier molecular flexibility index (Phi) is 5.11. The van der Waals surface area contributed by atoms with Gasteiger partial charge in [-0.1, -0.05) is 24.8 Å². The van der Waals surface area contributed by atoms with Crippen LogP contribution in [0.3, 0.4) is 0 Å². The van der Waals surface area contributed by atoms with Crippen LogP contribution in [0.15, 0.2) is 55.1 Å². The van der Waals surface area contributed by atoms with Crippen LogP contribution in [0.25, 0.3) is 5.57 Å². The molecule has 0 aliphatic heterocycles. The van der Waals surface area contributed by atoms with Gasteiger partial charge in [0.05, 0.1) is 11.1 Å². The van der Waals surface area contributed by atoms with Gasteiger partial charge in [0.15, 0.2) is 0 Å². The second kappa shape index (κ2) is 7.08. The van der Waals surface area contributed by atoms with Gasteiger partial charge in [0.1, 0.15) is 11.5 Å². The molecule has 2 rings (SSSR count). The molecule has 0 atom stereocenters. The lowest BCUT2D eigenvalue weighted by Gasteiger charge is -2.11. The highest BCUT2D eigenvalue weighted by Crippen LogP contribution is 2.27. The first kappa shape index (κ1) is 18.1. The molecule has 2 aromatic rings. The summed E-state index contributed by atoms with van der Waals surface area (Å²) in [5.41, 5.74) is -0.192. The second-order valence-corrected chi connectivity index (χ2v) is 4.74. The molecule has 0 aliphatic rings. The molecule has 0 bridgehead atoms. The smallest absolute Gasteiger partial charge is 0.478 e. The quantitative estimate of drug-likeness (QED) is 0.502. The van der Waals surface area contributed by atoms with Crippen molar-refractivity contribution < 1.29 is 37.3 Å². The standard InChI is InChI=1S/C17H11F3O5/c1-10(15(21)22)13-4-2-3-5-14(13)24-16(23)11-6-8-12(9-7-11)25-17(18,19)20/h2-9H,1H2,(H,21,22). The van der Waals surface area contributed by atoms with Crippen LogP contribution < -0.4 is 9.47 Å². The lowest BCUT2D eigenvalue weighted by Crippen LogP contribution is -2.17. The minimum Gasteiger partial charge on any atom is -0.478 e. The summed E-state index contributed by atoms with van der Waals surface area (Å²) in [6.07, 6.45) is -4.84. The SMILES string of the molecule is C=C(C(=O)O)c1ccccc1OC(=O)c1ccc(OC(F)(F)F)cc1. The number of hydrogen-bond donors (Lipinski definition) is 1. The van der Waals surface area contributed by atoms with E-state index in [0.717, 1.165) is 24.3 Å². The molecule has 0 saturated carbocycles. The highest BCUT2D eigenvalue weighted by atomic mass is 19.4. The maximum Gasteiger partial charge on any atom is 0.573 e. The van der Waals surface area contributed by atoms with Crippen LogP contribution in [0.2, 0.25) is 0 Å². The number of carbonyl (C=O) groups excluding carboxylic acids is 1. The first-order valence-electron chi connectivity index (χ1n) is 6.77. The lowest BCUT2D eigenvalue weighted by atomic mass is 10.1. The number of esters is 1. The van der Waals surface area contributed by atoms with Crippen molar-refractivity contribution in [2.24, 2.45) is 0 Å². The third kappa shape index (κ3) is 4.84. The summed E-state index contributed by atoms with van der Waals surface area (Å²) in [6.45, 7) is 3.40. The number of para-hydroxylation sites is 1. The number of carboxylic acids is 1. The molecule has 0 unspecified atom stereocenters. The van der Waals surface area contributed by atoms with E-state index in [1.54, 1.807) is 6.07 Å². The van der Waals surface area contributed by atoms with Crippen LogP contribution >= 0.6 is 0 Å². The summed E-state index contributed by atoms with van der Waals surface area (Å²) < 4.78 is 45.1. The van der Waals surface area contributed by atoms with Crippen LogP contribution in [0.5, 0.6) is 11.5 Å². The molecule has 0 aliphatic carbocycles. The van der Waals surface area contributed by atoms with E-state index in [1.807, 2.05) is 0 Å². The van der Waals surface area contributed by atoms with Crippen molar-refractivity contribution in [3.63, 3.8) is 0 Å². The maximum absolute atomic E-state index is 12.1. The van der Waals surface area contributed by atoms with Gasteiger partial charge in [-0.3, -0.25) is 0 Å². The number of ether oxygens (including phenoxy) is 2. The zero-order valence-electron chi connectivity index (χ0n) is 12.5. The van der Waals surface area contributed by atoms with Crippen molar-refractivity contribution in [3.05, 3.63) is 66.2 Å². The average molecular weight is 352 g/mol. The van der Waals surface area contributed by atoms with Gasteiger partial charge in [0, 0.05) is 5.56 Å². The van der Waals surface area contributed by atoms with Gasteiger partial charge in [-0.05, 0) is 30.3 Å². The van der Waals surface area contributed by atoms with Crippen LogP contribution in [-0.2, 0) is 4.79 Å². The Hall–Kier alpha value is -3.29. The molecule has 130 valence electrons. The topological polar surface area (TPSA) is 72.8 Å². The van der Waals surface area contributed by atoms with Gasteiger partial charge in [-0.15, -0.1) is 13.2 Å². The maximum atomic E-state index is 12.1. The molecule has 0 aromatic heterocycles. The Morgan fingerprint density at radius 1 is 1.00 bits per heavy atom. The molecule has 5 nitrogen and oxygen atoms in total. The Bertz CT molecular complexity index is 810. The second-order valence-electron chi connectivity index (χ2n) is 4.74. The summed E-state index contributed by atoms with van der Waals surface area (Å²) >= 11 is 0. The van der Waals surface area contributed by atoms with E-state index in [1.165, 1.54) is 18.2 Å². The molecule has 1 N–H and O–H groups in total. The van der Waals surface area contributed by atoms with E-state index in [2.05, 4.69) is 11.3 Å². The number of hydrogen-bond acceptors (Lipinski definition) is 4. The van der Waals surface area contributed by atoms with E-state index in [0.29, 0.717) is 0 Å². The zero-order valence-corrected chi connectivity index (χ0v) is 12.5. The fourth-order valence-corrected chi connectivity index (χ4v) is 1.87. The summed E-state index contributed by atoms with van der Waals surface area (Å²) in [5, 5.41) is 8.99. The van der Waals surface area contributed by atoms with Gasteiger partial charge < -0.3 is 14.6 Å². The van der Waals surface area contributed by atoms with Gasteiger partial charge >= 0.3 is 18.3 Å². The Balaban J connectivity index is 2.18. The molecule has 0 fully saturated rings. The van der Waals surface area contributed by atoms with Crippen LogP contribution in [0.1, 0.15) is 15.9 Å². The predicted octanol–water partition coefficient (Wildman–Crippen LogP) is 3.90. The summed E-state index contributed by atoms with van der Waals surface area (Å²) in [4.78, 5) is 23.1. The van der Waals surface area contributed by atoms with Crippen molar-refractivity contribution in [2.45, 2.75) is 6.36 Å². The normalized spacial score (nSPS) is 10.8. The fourth-order valence-electron chi connectivity index (χ4n) is 1.87. The molecule has 2 aromatic carbocycles. The average Bonchev–Trinajstić information content (AvgIpc) is 2.53. The van der Waals surface area contributed by atoms with E-state index < -0.39 is 24.1 Å². The van der Waals surface area contributed by atoms with E-state index in [9.17, 15) is 22.8 Å². The molecule has 8 heteroatoms. The van der Waals surface area contributed by atoms with Crippen molar-refractivity contribution >= 4 is 17.5 Å². The fraction of sp³-hybridized carbons (Fsp3) is 0.0588. The third-order valence-electron chi connectivity index (χ3n) is 3.00. The molecule has 0 saturated heterocycles. The highest BCUT2D eigenvalue weighted by Gasteiger charge is 2.31.